The Morgan fingerprint density at radius 3 is 2.02 bits per heavy atom. The molecule has 2 heterocycles. The maximum atomic E-state index is 14.6. The largest absolute Gasteiger partial charge is 0.352 e. The van der Waals surface area contributed by atoms with E-state index < -0.39 is 28.3 Å². The summed E-state index contributed by atoms with van der Waals surface area (Å²) in [6.45, 7) is 0. The first kappa shape index (κ1) is 23.9. The number of nitro benzene ring substituents is 1. The van der Waals surface area contributed by atoms with Crippen molar-refractivity contribution in [1.29, 1.82) is 0 Å². The third kappa shape index (κ3) is 3.09. The monoisotopic (exact) mass is 526 g/mol. The minimum absolute atomic E-state index is 0.114. The molecular weight excluding hydrogens is 504 g/mol. The topological polar surface area (TPSA) is 97.6 Å². The first-order valence-electron chi connectivity index (χ1n) is 13.0. The average molecular weight is 527 g/mol. The Morgan fingerprint density at radius 1 is 0.775 bits per heavy atom. The maximum Gasteiger partial charge on any atom is 0.269 e. The standard InChI is InChI=1S/C33H22N2O5/c36-30(22-9-2-1-3-10-22)29-28(21-14-17-23(18-15-21)35(39)40)33(31(37)24-11-5-6-12-25(24)32(33)38)27-19-16-20-8-4-7-13-26(20)34(27)29/h1-19,27-29H/t27-,28+,29+/m1/s1. The van der Waals surface area contributed by atoms with Crippen molar-refractivity contribution in [2.75, 3.05) is 4.90 Å². The van der Waals surface area contributed by atoms with Gasteiger partial charge in [-0.05, 0) is 17.2 Å². The van der Waals surface area contributed by atoms with Gasteiger partial charge in [0.2, 0.25) is 0 Å². The lowest BCUT2D eigenvalue weighted by atomic mass is 9.64. The number of hydrogen-bond donors (Lipinski definition) is 0. The molecule has 0 radical (unpaired) electrons. The highest BCUT2D eigenvalue weighted by Gasteiger charge is 2.71. The number of hydrogen-bond acceptors (Lipinski definition) is 6. The number of fused-ring (bicyclic) bond motifs is 5. The van der Waals surface area contributed by atoms with E-state index in [0.717, 1.165) is 11.3 Å². The van der Waals surface area contributed by atoms with Crippen molar-refractivity contribution in [1.82, 2.24) is 0 Å². The van der Waals surface area contributed by atoms with Gasteiger partial charge in [0.1, 0.15) is 11.5 Å². The fourth-order valence-electron chi connectivity index (χ4n) is 6.87. The van der Waals surface area contributed by atoms with E-state index in [1.165, 1.54) is 12.1 Å². The summed E-state index contributed by atoms with van der Waals surface area (Å²) in [5.41, 5.74) is 1.52. The number of benzene rings is 4. The van der Waals surface area contributed by atoms with Crippen molar-refractivity contribution in [3.63, 3.8) is 0 Å². The predicted molar refractivity (Wildman–Crippen MR) is 150 cm³/mol. The van der Waals surface area contributed by atoms with Gasteiger partial charge in [-0.3, -0.25) is 24.5 Å². The van der Waals surface area contributed by atoms with Crippen molar-refractivity contribution in [2.24, 2.45) is 5.41 Å². The second-order valence-electron chi connectivity index (χ2n) is 10.3. The van der Waals surface area contributed by atoms with Crippen LogP contribution in [-0.2, 0) is 0 Å². The van der Waals surface area contributed by atoms with Crippen molar-refractivity contribution in [3.05, 3.63) is 147 Å². The van der Waals surface area contributed by atoms with Gasteiger partial charge in [-0.25, -0.2) is 0 Å². The van der Waals surface area contributed by atoms with Crippen molar-refractivity contribution < 1.29 is 19.3 Å². The van der Waals surface area contributed by atoms with Gasteiger partial charge >= 0.3 is 0 Å². The van der Waals surface area contributed by atoms with Crippen LogP contribution in [0.5, 0.6) is 0 Å². The van der Waals surface area contributed by atoms with Crippen LogP contribution in [-0.4, -0.2) is 34.4 Å². The van der Waals surface area contributed by atoms with Crippen LogP contribution in [0.3, 0.4) is 0 Å². The molecule has 1 saturated heterocycles. The Bertz CT molecular complexity index is 1720. The second kappa shape index (κ2) is 8.68. The minimum atomic E-state index is -1.64. The molecule has 1 aliphatic carbocycles. The molecule has 7 rings (SSSR count). The van der Waals surface area contributed by atoms with E-state index in [9.17, 15) is 24.5 Å². The molecule has 0 bridgehead atoms. The number of carbonyl (C=O) groups excluding carboxylic acids is 3. The van der Waals surface area contributed by atoms with Gasteiger partial charge in [0, 0.05) is 40.4 Å². The van der Waals surface area contributed by atoms with Crippen LogP contribution in [0.2, 0.25) is 0 Å². The number of nitrogens with zero attached hydrogens (tertiary/aromatic N) is 2. The highest BCUT2D eigenvalue weighted by molar-refractivity contribution is 6.32. The Balaban J connectivity index is 1.54. The summed E-state index contributed by atoms with van der Waals surface area (Å²) in [6, 6.07) is 27.5. The molecule has 0 amide bonds. The number of carbonyl (C=O) groups is 3. The Hall–Kier alpha value is -5.17. The molecule has 3 atom stereocenters. The van der Waals surface area contributed by atoms with Crippen LogP contribution in [0.15, 0.2) is 109 Å². The van der Waals surface area contributed by atoms with E-state index in [4.69, 9.17) is 0 Å². The molecule has 7 nitrogen and oxygen atoms in total. The highest BCUT2D eigenvalue weighted by atomic mass is 16.6. The zero-order chi connectivity index (χ0) is 27.6. The summed E-state index contributed by atoms with van der Waals surface area (Å²) in [4.78, 5) is 56.5. The summed E-state index contributed by atoms with van der Waals surface area (Å²) >= 11 is 0. The zero-order valence-corrected chi connectivity index (χ0v) is 21.1. The number of rotatable bonds is 4. The first-order chi connectivity index (χ1) is 19.4. The summed E-state index contributed by atoms with van der Waals surface area (Å²) in [7, 11) is 0. The van der Waals surface area contributed by atoms with Gasteiger partial charge in [0.05, 0.1) is 11.0 Å². The fourth-order valence-corrected chi connectivity index (χ4v) is 6.87. The van der Waals surface area contributed by atoms with Gasteiger partial charge in [-0.15, -0.1) is 0 Å². The van der Waals surface area contributed by atoms with E-state index in [1.807, 2.05) is 47.4 Å². The predicted octanol–water partition coefficient (Wildman–Crippen LogP) is 5.91. The molecule has 4 aromatic rings. The lowest BCUT2D eigenvalue weighted by Crippen LogP contribution is -2.48. The smallest absolute Gasteiger partial charge is 0.269 e. The number of anilines is 1. The summed E-state index contributed by atoms with van der Waals surface area (Å²) in [5, 5.41) is 11.5. The Labute approximate surface area is 229 Å². The Morgan fingerprint density at radius 2 is 1.38 bits per heavy atom. The van der Waals surface area contributed by atoms with Crippen LogP contribution >= 0.6 is 0 Å². The maximum absolute atomic E-state index is 14.6. The molecule has 0 N–H and O–H groups in total. The number of ketones is 3. The number of para-hydroxylation sites is 1. The molecule has 2 aliphatic heterocycles. The van der Waals surface area contributed by atoms with E-state index in [-0.39, 0.29) is 23.0 Å². The van der Waals surface area contributed by atoms with E-state index in [2.05, 4.69) is 0 Å². The highest BCUT2D eigenvalue weighted by Crippen LogP contribution is 2.61. The fraction of sp³-hybridized carbons (Fsp3) is 0.121. The quantitative estimate of drug-likeness (QED) is 0.142. The Kier molecular flexibility index (Phi) is 5.19. The molecule has 7 heteroatoms. The summed E-state index contributed by atoms with van der Waals surface area (Å²) < 4.78 is 0. The number of Topliss-reactive ketones (excluding diaryl/α,β-unsaturated/α-hetero) is 3. The SMILES string of the molecule is O=C(c1ccccc1)[C@@H]1[C@H](c2ccc([N+](=O)[O-])cc2)C2(C(=O)c3ccccc3C2=O)[C@H]2C=Cc3ccccc3N12. The van der Waals surface area contributed by atoms with Gasteiger partial charge < -0.3 is 4.90 Å². The van der Waals surface area contributed by atoms with Crippen LogP contribution in [0.1, 0.15) is 48.1 Å². The van der Waals surface area contributed by atoms with Crippen LogP contribution < -0.4 is 4.90 Å². The lowest BCUT2D eigenvalue weighted by molar-refractivity contribution is -0.384. The minimum Gasteiger partial charge on any atom is -0.352 e. The molecule has 1 fully saturated rings. The molecule has 3 aliphatic rings. The number of non-ortho nitro benzene ring substituents is 1. The van der Waals surface area contributed by atoms with Gasteiger partial charge in [0.15, 0.2) is 17.3 Å². The molecule has 40 heavy (non-hydrogen) atoms. The zero-order valence-electron chi connectivity index (χ0n) is 21.1. The van der Waals surface area contributed by atoms with E-state index in [0.29, 0.717) is 22.3 Å². The molecule has 4 aromatic carbocycles. The first-order valence-corrected chi connectivity index (χ1v) is 13.0. The van der Waals surface area contributed by atoms with Crippen LogP contribution in [0, 0.1) is 15.5 Å². The number of nitro groups is 1. The normalized spacial score (nSPS) is 21.7. The summed E-state index contributed by atoms with van der Waals surface area (Å²) in [6.07, 6.45) is 3.77. The van der Waals surface area contributed by atoms with Gasteiger partial charge in [0.25, 0.3) is 5.69 Å². The molecule has 1 spiro atoms. The van der Waals surface area contributed by atoms with Gasteiger partial charge in [-0.2, -0.15) is 0 Å². The van der Waals surface area contributed by atoms with E-state index >= 15 is 0 Å². The second-order valence-corrected chi connectivity index (χ2v) is 10.3. The van der Waals surface area contributed by atoms with Crippen molar-refractivity contribution in [2.45, 2.75) is 18.0 Å². The van der Waals surface area contributed by atoms with Crippen molar-refractivity contribution in [3.8, 4) is 0 Å². The van der Waals surface area contributed by atoms with E-state index in [1.54, 1.807) is 60.7 Å². The molecule has 0 unspecified atom stereocenters. The molecular formula is C33H22N2O5. The molecule has 0 saturated carbocycles. The van der Waals surface area contributed by atoms with Crippen LogP contribution in [0.25, 0.3) is 6.08 Å². The van der Waals surface area contributed by atoms with Crippen LogP contribution in [0.4, 0.5) is 11.4 Å². The summed E-state index contributed by atoms with van der Waals surface area (Å²) in [5.74, 6) is -1.81. The van der Waals surface area contributed by atoms with Crippen molar-refractivity contribution >= 4 is 34.8 Å². The average Bonchev–Trinajstić information content (AvgIpc) is 3.43. The van der Waals surface area contributed by atoms with Gasteiger partial charge in [-0.1, -0.05) is 97.1 Å². The third-order valence-corrected chi connectivity index (χ3v) is 8.50. The third-order valence-electron chi connectivity index (χ3n) is 8.50. The lowest BCUT2D eigenvalue weighted by Gasteiger charge is -2.37. The molecule has 194 valence electrons. The molecule has 0 aromatic heterocycles.